The second-order valence-corrected chi connectivity index (χ2v) is 2.83. The second-order valence-electron chi connectivity index (χ2n) is 2.83. The lowest BCUT2D eigenvalue weighted by Crippen LogP contribution is -2.41. The fourth-order valence-corrected chi connectivity index (χ4v) is 1.39. The number of aliphatic carboxylic acids is 1. The van der Waals surface area contributed by atoms with E-state index in [1.807, 2.05) is 11.9 Å². The summed E-state index contributed by atoms with van der Waals surface area (Å²) < 4.78 is 0. The molecule has 0 radical (unpaired) electrons. The van der Waals surface area contributed by atoms with Crippen molar-refractivity contribution in [3.63, 3.8) is 0 Å². The molecule has 1 atom stereocenters. The van der Waals surface area contributed by atoms with Gasteiger partial charge in [0.2, 0.25) is 0 Å². The summed E-state index contributed by atoms with van der Waals surface area (Å²) in [5.74, 6) is -0.679. The number of halogens is 1. The van der Waals surface area contributed by atoms with E-state index in [1.165, 1.54) is 0 Å². The van der Waals surface area contributed by atoms with Crippen LogP contribution < -0.4 is 0 Å². The zero-order chi connectivity index (χ0) is 7.56. The molecule has 66 valence electrons. The van der Waals surface area contributed by atoms with Crippen molar-refractivity contribution in [3.05, 3.63) is 0 Å². The fourth-order valence-electron chi connectivity index (χ4n) is 1.39. The predicted octanol–water partition coefficient (Wildman–Crippen LogP) is 0.977. The van der Waals surface area contributed by atoms with Crippen LogP contribution >= 0.6 is 12.4 Å². The van der Waals surface area contributed by atoms with Gasteiger partial charge in [0, 0.05) is 0 Å². The van der Waals surface area contributed by atoms with Crippen LogP contribution in [0, 0.1) is 0 Å². The standard InChI is InChI=1S/C7H13NO2.ClH/c1-8-5-3-2-4-6(8)7(9)10;/h6H,2-5H2,1H3,(H,9,10);1H/t6-;/m1./s1. The maximum atomic E-state index is 10.5. The number of rotatable bonds is 1. The molecule has 0 spiro atoms. The van der Waals surface area contributed by atoms with Gasteiger partial charge in [-0.1, -0.05) is 6.42 Å². The topological polar surface area (TPSA) is 40.5 Å². The zero-order valence-electron chi connectivity index (χ0n) is 6.62. The van der Waals surface area contributed by atoms with Crippen molar-refractivity contribution in [2.45, 2.75) is 25.3 Å². The molecule has 1 rings (SSSR count). The van der Waals surface area contributed by atoms with Gasteiger partial charge < -0.3 is 5.11 Å². The number of carboxylic acids is 1. The normalized spacial score (nSPS) is 25.7. The van der Waals surface area contributed by atoms with E-state index in [0.717, 1.165) is 25.8 Å². The monoisotopic (exact) mass is 179 g/mol. The van der Waals surface area contributed by atoms with E-state index < -0.39 is 5.97 Å². The lowest BCUT2D eigenvalue weighted by molar-refractivity contribution is -0.143. The lowest BCUT2D eigenvalue weighted by atomic mass is 10.0. The number of likely N-dealkylation sites (N-methyl/N-ethyl adjacent to an activating group) is 1. The molecule has 0 aromatic heterocycles. The number of piperidine rings is 1. The Hall–Kier alpha value is -0.280. The highest BCUT2D eigenvalue weighted by Gasteiger charge is 2.24. The highest BCUT2D eigenvalue weighted by Crippen LogP contribution is 2.14. The Morgan fingerprint density at radius 2 is 2.18 bits per heavy atom. The molecule has 0 unspecified atom stereocenters. The van der Waals surface area contributed by atoms with Gasteiger partial charge in [0.15, 0.2) is 0 Å². The first kappa shape index (κ1) is 10.7. The molecule has 1 heterocycles. The summed E-state index contributed by atoms with van der Waals surface area (Å²) in [6.07, 6.45) is 3.01. The smallest absolute Gasteiger partial charge is 0.320 e. The molecule has 0 amide bonds. The molecule has 0 aliphatic carbocycles. The van der Waals surface area contributed by atoms with E-state index in [4.69, 9.17) is 5.11 Å². The second kappa shape index (κ2) is 4.57. The molecule has 1 aliphatic rings. The van der Waals surface area contributed by atoms with E-state index in [-0.39, 0.29) is 18.4 Å². The Labute approximate surface area is 72.8 Å². The SMILES string of the molecule is CN1CCCC[C@@H]1C(=O)O.Cl. The van der Waals surface area contributed by atoms with Gasteiger partial charge in [0.05, 0.1) is 0 Å². The van der Waals surface area contributed by atoms with Gasteiger partial charge in [0.25, 0.3) is 0 Å². The van der Waals surface area contributed by atoms with Crippen LogP contribution in [0.2, 0.25) is 0 Å². The van der Waals surface area contributed by atoms with Crippen molar-refractivity contribution >= 4 is 18.4 Å². The number of hydrogen-bond donors (Lipinski definition) is 1. The average molecular weight is 180 g/mol. The molecule has 0 aromatic carbocycles. The third-order valence-electron chi connectivity index (χ3n) is 2.06. The highest BCUT2D eigenvalue weighted by molar-refractivity contribution is 5.85. The molecule has 0 saturated carbocycles. The molecular formula is C7H14ClNO2. The third kappa shape index (κ3) is 2.67. The Kier molecular flexibility index (Phi) is 4.45. The maximum Gasteiger partial charge on any atom is 0.320 e. The summed E-state index contributed by atoms with van der Waals surface area (Å²) >= 11 is 0. The third-order valence-corrected chi connectivity index (χ3v) is 2.06. The minimum Gasteiger partial charge on any atom is -0.480 e. The first-order valence-corrected chi connectivity index (χ1v) is 3.65. The minimum absolute atomic E-state index is 0. The fraction of sp³-hybridized carbons (Fsp3) is 0.857. The van der Waals surface area contributed by atoms with Crippen LogP contribution in [0.25, 0.3) is 0 Å². The summed E-state index contributed by atoms with van der Waals surface area (Å²) in [6.45, 7) is 0.928. The van der Waals surface area contributed by atoms with Crippen molar-refractivity contribution in [2.75, 3.05) is 13.6 Å². The van der Waals surface area contributed by atoms with Gasteiger partial charge in [-0.2, -0.15) is 0 Å². The largest absolute Gasteiger partial charge is 0.480 e. The van der Waals surface area contributed by atoms with Gasteiger partial charge in [-0.05, 0) is 26.4 Å². The molecule has 4 heteroatoms. The van der Waals surface area contributed by atoms with Crippen molar-refractivity contribution in [1.29, 1.82) is 0 Å². The van der Waals surface area contributed by atoms with Crippen LogP contribution in [0.4, 0.5) is 0 Å². The Balaban J connectivity index is 0.000001000. The lowest BCUT2D eigenvalue weighted by Gasteiger charge is -2.28. The van der Waals surface area contributed by atoms with Crippen LogP contribution in [-0.2, 0) is 4.79 Å². The zero-order valence-corrected chi connectivity index (χ0v) is 7.43. The molecule has 0 bridgehead atoms. The minimum atomic E-state index is -0.679. The van der Waals surface area contributed by atoms with Crippen molar-refractivity contribution in [2.24, 2.45) is 0 Å². The summed E-state index contributed by atoms with van der Waals surface area (Å²) in [5.41, 5.74) is 0. The van der Waals surface area contributed by atoms with Crippen molar-refractivity contribution in [1.82, 2.24) is 4.90 Å². The van der Waals surface area contributed by atoms with Gasteiger partial charge in [-0.3, -0.25) is 9.69 Å². The van der Waals surface area contributed by atoms with Crippen LogP contribution in [0.5, 0.6) is 0 Å². The summed E-state index contributed by atoms with van der Waals surface area (Å²) in [4.78, 5) is 12.4. The number of carboxylic acid groups (broad SMARTS) is 1. The van der Waals surface area contributed by atoms with Gasteiger partial charge in [-0.25, -0.2) is 0 Å². The average Bonchev–Trinajstić information content (AvgIpc) is 1.88. The molecule has 3 nitrogen and oxygen atoms in total. The Bertz CT molecular complexity index is 140. The summed E-state index contributed by atoms with van der Waals surface area (Å²) in [7, 11) is 1.87. The number of carbonyl (C=O) groups is 1. The maximum absolute atomic E-state index is 10.5. The number of likely N-dealkylation sites (tertiary alicyclic amines) is 1. The van der Waals surface area contributed by atoms with Crippen LogP contribution in [0.1, 0.15) is 19.3 Å². The highest BCUT2D eigenvalue weighted by atomic mass is 35.5. The quantitative estimate of drug-likeness (QED) is 0.653. The summed E-state index contributed by atoms with van der Waals surface area (Å²) in [6, 6.07) is -0.228. The van der Waals surface area contributed by atoms with Crippen molar-refractivity contribution < 1.29 is 9.90 Å². The molecule has 0 aromatic rings. The van der Waals surface area contributed by atoms with Crippen molar-refractivity contribution in [3.8, 4) is 0 Å². The molecule has 1 aliphatic heterocycles. The molecule has 11 heavy (non-hydrogen) atoms. The van der Waals surface area contributed by atoms with Crippen LogP contribution in [0.3, 0.4) is 0 Å². The summed E-state index contributed by atoms with van der Waals surface area (Å²) in [5, 5.41) is 8.67. The van der Waals surface area contributed by atoms with Gasteiger partial charge in [0.1, 0.15) is 6.04 Å². The van der Waals surface area contributed by atoms with Crippen LogP contribution in [-0.4, -0.2) is 35.6 Å². The van der Waals surface area contributed by atoms with E-state index in [0.29, 0.717) is 0 Å². The van der Waals surface area contributed by atoms with Gasteiger partial charge in [-0.15, -0.1) is 12.4 Å². The first-order valence-electron chi connectivity index (χ1n) is 3.65. The molecular weight excluding hydrogens is 166 g/mol. The van der Waals surface area contributed by atoms with Gasteiger partial charge >= 0.3 is 5.97 Å². The molecule has 1 fully saturated rings. The first-order chi connectivity index (χ1) is 4.72. The van der Waals surface area contributed by atoms with E-state index in [2.05, 4.69) is 0 Å². The van der Waals surface area contributed by atoms with Crippen LogP contribution in [0.15, 0.2) is 0 Å². The molecule has 1 saturated heterocycles. The Morgan fingerprint density at radius 1 is 1.55 bits per heavy atom. The number of hydrogen-bond acceptors (Lipinski definition) is 2. The Morgan fingerprint density at radius 3 is 2.55 bits per heavy atom. The predicted molar refractivity (Wildman–Crippen MR) is 45.2 cm³/mol. The molecule has 1 N–H and O–H groups in total. The van der Waals surface area contributed by atoms with E-state index in [1.54, 1.807) is 0 Å². The number of nitrogens with zero attached hydrogens (tertiary/aromatic N) is 1. The van der Waals surface area contributed by atoms with E-state index in [9.17, 15) is 4.79 Å². The van der Waals surface area contributed by atoms with E-state index >= 15 is 0 Å².